The van der Waals surface area contributed by atoms with Crippen LogP contribution in [-0.4, -0.2) is 48.0 Å². The maximum absolute atomic E-state index is 13.6. The third kappa shape index (κ3) is 4.00. The Balaban J connectivity index is 3.24. The molecule has 0 fully saturated rings. The van der Waals surface area contributed by atoms with Gasteiger partial charge in [-0.25, -0.2) is 17.6 Å². The first kappa shape index (κ1) is 17.5. The molecule has 0 heterocycles. The van der Waals surface area contributed by atoms with Gasteiger partial charge in [-0.1, -0.05) is 0 Å². The number of carboxylic acids is 2. The monoisotopic (exact) mass is 330 g/mol. The first-order valence-corrected chi connectivity index (χ1v) is 7.26. The molecule has 0 saturated carbocycles. The Hall–Kier alpha value is -2.51. The van der Waals surface area contributed by atoms with Crippen molar-refractivity contribution < 1.29 is 32.6 Å². The maximum atomic E-state index is 13.6. The van der Waals surface area contributed by atoms with Crippen molar-refractivity contribution in [2.45, 2.75) is 11.3 Å². The summed E-state index contributed by atoms with van der Waals surface area (Å²) in [5.41, 5.74) is -0.708. The number of carbonyl (C=O) groups is 2. The smallest absolute Gasteiger partial charge is 0.338 e. The van der Waals surface area contributed by atoms with Gasteiger partial charge in [0.1, 0.15) is 12.4 Å². The van der Waals surface area contributed by atoms with Gasteiger partial charge in [0.15, 0.2) is 0 Å². The average Bonchev–Trinajstić information content (AvgIpc) is 2.42. The Morgan fingerprint density at radius 3 is 2.41 bits per heavy atom. The molecule has 22 heavy (non-hydrogen) atoms. The van der Waals surface area contributed by atoms with Crippen LogP contribution in [0.15, 0.2) is 23.1 Å². The minimum absolute atomic E-state index is 0.248. The summed E-state index contributed by atoms with van der Waals surface area (Å²) in [7, 11) is -4.36. The molecule has 0 saturated heterocycles. The van der Waals surface area contributed by atoms with Crippen molar-refractivity contribution in [3.05, 3.63) is 29.6 Å². The fourth-order valence-electron chi connectivity index (χ4n) is 1.59. The van der Waals surface area contributed by atoms with E-state index in [2.05, 4.69) is 0 Å². The van der Waals surface area contributed by atoms with Crippen LogP contribution in [0.3, 0.4) is 0 Å². The Morgan fingerprint density at radius 2 is 1.95 bits per heavy atom. The van der Waals surface area contributed by atoms with Gasteiger partial charge in [-0.2, -0.15) is 9.57 Å². The summed E-state index contributed by atoms with van der Waals surface area (Å²) in [6.07, 6.45) is -0.248. The zero-order valence-electron chi connectivity index (χ0n) is 11.1. The van der Waals surface area contributed by atoms with E-state index in [4.69, 9.17) is 15.5 Å². The molecule has 0 aliphatic rings. The van der Waals surface area contributed by atoms with Crippen molar-refractivity contribution in [1.29, 1.82) is 5.26 Å². The highest BCUT2D eigenvalue weighted by Gasteiger charge is 2.27. The highest BCUT2D eigenvalue weighted by Crippen LogP contribution is 2.19. The van der Waals surface area contributed by atoms with E-state index in [1.54, 1.807) is 6.07 Å². The molecule has 0 unspecified atom stereocenters. The number of carboxylic acid groups (broad SMARTS) is 2. The molecule has 1 aromatic carbocycles. The number of halogens is 1. The fraction of sp³-hybridized carbons (Fsp3) is 0.250. The number of sulfonamides is 1. The topological polar surface area (TPSA) is 136 Å². The number of benzene rings is 1. The molecule has 2 N–H and O–H groups in total. The van der Waals surface area contributed by atoms with Crippen molar-refractivity contribution >= 4 is 22.0 Å². The molecule has 10 heteroatoms. The van der Waals surface area contributed by atoms with E-state index >= 15 is 0 Å². The number of nitriles is 1. The molecule has 0 aromatic heterocycles. The number of hydrogen-bond donors (Lipinski definition) is 2. The first-order valence-electron chi connectivity index (χ1n) is 5.82. The lowest BCUT2D eigenvalue weighted by Gasteiger charge is -2.19. The van der Waals surface area contributed by atoms with Crippen molar-refractivity contribution in [3.63, 3.8) is 0 Å². The lowest BCUT2D eigenvalue weighted by atomic mass is 10.2. The Morgan fingerprint density at radius 1 is 1.32 bits per heavy atom. The van der Waals surface area contributed by atoms with Crippen LogP contribution in [0.25, 0.3) is 0 Å². The molecular weight excluding hydrogens is 319 g/mol. The largest absolute Gasteiger partial charge is 0.480 e. The predicted octanol–water partition coefficient (Wildman–Crippen LogP) is 0.513. The quantitative estimate of drug-likeness (QED) is 0.743. The van der Waals surface area contributed by atoms with Gasteiger partial charge in [0.2, 0.25) is 10.0 Å². The van der Waals surface area contributed by atoms with Crippen LogP contribution < -0.4 is 0 Å². The molecule has 0 bridgehead atoms. The summed E-state index contributed by atoms with van der Waals surface area (Å²) in [6.45, 7) is -1.28. The van der Waals surface area contributed by atoms with Gasteiger partial charge in [0.05, 0.1) is 16.5 Å². The first-order chi connectivity index (χ1) is 10.2. The fourth-order valence-corrected chi connectivity index (χ4v) is 2.99. The van der Waals surface area contributed by atoms with Gasteiger partial charge >= 0.3 is 11.9 Å². The van der Waals surface area contributed by atoms with Crippen LogP contribution >= 0.6 is 0 Å². The van der Waals surface area contributed by atoms with E-state index in [0.29, 0.717) is 10.4 Å². The molecule has 0 amide bonds. The SMILES string of the molecule is N#CCCN(CC(=O)O)S(=O)(=O)c1ccc(C(=O)O)c(F)c1. The minimum Gasteiger partial charge on any atom is -0.480 e. The zero-order valence-corrected chi connectivity index (χ0v) is 11.9. The second-order valence-corrected chi connectivity index (χ2v) is 6.03. The second-order valence-electron chi connectivity index (χ2n) is 4.09. The van der Waals surface area contributed by atoms with Crippen molar-refractivity contribution in [2.75, 3.05) is 13.1 Å². The number of aromatic carboxylic acids is 1. The van der Waals surface area contributed by atoms with Crippen molar-refractivity contribution in [2.24, 2.45) is 0 Å². The molecule has 0 atom stereocenters. The summed E-state index contributed by atoms with van der Waals surface area (Å²) in [5.74, 6) is -4.26. The molecular formula is C12H11FN2O6S. The van der Waals surface area contributed by atoms with Crippen LogP contribution in [0.1, 0.15) is 16.8 Å². The van der Waals surface area contributed by atoms with Gasteiger partial charge in [-0.3, -0.25) is 4.79 Å². The van der Waals surface area contributed by atoms with E-state index in [9.17, 15) is 22.4 Å². The van der Waals surface area contributed by atoms with E-state index in [1.807, 2.05) is 0 Å². The molecule has 8 nitrogen and oxygen atoms in total. The number of nitrogens with zero attached hydrogens (tertiary/aromatic N) is 2. The maximum Gasteiger partial charge on any atom is 0.338 e. The minimum atomic E-state index is -4.36. The summed E-state index contributed by atoms with van der Waals surface area (Å²) >= 11 is 0. The normalized spacial score (nSPS) is 11.1. The van der Waals surface area contributed by atoms with E-state index in [-0.39, 0.29) is 13.0 Å². The average molecular weight is 330 g/mol. The molecule has 0 radical (unpaired) electrons. The molecule has 1 rings (SSSR count). The van der Waals surface area contributed by atoms with Crippen LogP contribution in [0.4, 0.5) is 4.39 Å². The molecule has 0 aliphatic carbocycles. The summed E-state index contributed by atoms with van der Waals surface area (Å²) < 4.78 is 38.6. The van der Waals surface area contributed by atoms with Gasteiger partial charge in [0.25, 0.3) is 0 Å². The highest BCUT2D eigenvalue weighted by molar-refractivity contribution is 7.89. The van der Waals surface area contributed by atoms with Crippen LogP contribution in [-0.2, 0) is 14.8 Å². The van der Waals surface area contributed by atoms with Gasteiger partial charge in [-0.15, -0.1) is 0 Å². The predicted molar refractivity (Wildman–Crippen MR) is 70.0 cm³/mol. The summed E-state index contributed by atoms with van der Waals surface area (Å²) in [4.78, 5) is 20.8. The molecule has 0 spiro atoms. The van der Waals surface area contributed by atoms with Gasteiger partial charge < -0.3 is 10.2 Å². The number of aliphatic carboxylic acids is 1. The van der Waals surface area contributed by atoms with Crippen LogP contribution in [0, 0.1) is 17.1 Å². The van der Waals surface area contributed by atoms with Crippen molar-refractivity contribution in [3.8, 4) is 6.07 Å². The van der Waals surface area contributed by atoms with Gasteiger partial charge in [0, 0.05) is 13.0 Å². The summed E-state index contributed by atoms with van der Waals surface area (Å²) in [5, 5.41) is 25.9. The second kappa shape index (κ2) is 6.97. The Bertz CT molecular complexity index is 740. The third-order valence-corrected chi connectivity index (χ3v) is 4.43. The van der Waals surface area contributed by atoms with Crippen molar-refractivity contribution in [1.82, 2.24) is 4.31 Å². The molecule has 118 valence electrons. The number of rotatable bonds is 7. The van der Waals surface area contributed by atoms with E-state index in [0.717, 1.165) is 12.1 Å². The zero-order chi connectivity index (χ0) is 16.9. The Kier molecular flexibility index (Phi) is 5.56. The molecule has 0 aliphatic heterocycles. The van der Waals surface area contributed by atoms with Crippen LogP contribution in [0.5, 0.6) is 0 Å². The van der Waals surface area contributed by atoms with Crippen LogP contribution in [0.2, 0.25) is 0 Å². The number of hydrogen-bond acceptors (Lipinski definition) is 5. The van der Waals surface area contributed by atoms with E-state index < -0.39 is 44.8 Å². The standard InChI is InChI=1S/C12H11FN2O6S/c13-10-6-8(2-3-9(10)12(18)19)22(20,21)15(5-1-4-14)7-11(16)17/h2-3,6H,1,5,7H2,(H,16,17)(H,18,19). The highest BCUT2D eigenvalue weighted by atomic mass is 32.2. The lowest BCUT2D eigenvalue weighted by molar-refractivity contribution is -0.137. The lowest BCUT2D eigenvalue weighted by Crippen LogP contribution is -2.36. The van der Waals surface area contributed by atoms with Gasteiger partial charge in [-0.05, 0) is 18.2 Å². The third-order valence-electron chi connectivity index (χ3n) is 2.59. The Labute approximate surface area is 125 Å². The summed E-state index contributed by atoms with van der Waals surface area (Å²) in [6, 6.07) is 3.82. The van der Waals surface area contributed by atoms with E-state index in [1.165, 1.54) is 0 Å². The molecule has 1 aromatic rings.